The number of carboxylic acid groups (broad SMARTS) is 1. The van der Waals surface area contributed by atoms with Crippen molar-refractivity contribution in [1.82, 2.24) is 4.31 Å². The van der Waals surface area contributed by atoms with Crippen molar-refractivity contribution in [1.29, 1.82) is 0 Å². The summed E-state index contributed by atoms with van der Waals surface area (Å²) in [6, 6.07) is 8.83. The Balaban J connectivity index is 1.88. The van der Waals surface area contributed by atoms with E-state index in [2.05, 4.69) is 0 Å². The molecule has 24 heavy (non-hydrogen) atoms. The van der Waals surface area contributed by atoms with Crippen LogP contribution in [0.2, 0.25) is 0 Å². The number of carbonyl (C=O) groups is 1. The summed E-state index contributed by atoms with van der Waals surface area (Å²) in [6.45, 7) is 2.24. The number of piperidine rings is 1. The summed E-state index contributed by atoms with van der Waals surface area (Å²) in [6.07, 6.45) is 2.98. The highest BCUT2D eigenvalue weighted by atomic mass is 32.2. The summed E-state index contributed by atoms with van der Waals surface area (Å²) >= 11 is 0. The zero-order valence-corrected chi connectivity index (χ0v) is 14.1. The van der Waals surface area contributed by atoms with Gasteiger partial charge < -0.3 is 9.52 Å². The van der Waals surface area contributed by atoms with E-state index in [1.54, 1.807) is 6.07 Å². The maximum absolute atomic E-state index is 12.5. The predicted molar refractivity (Wildman–Crippen MR) is 87.2 cm³/mol. The van der Waals surface area contributed by atoms with Gasteiger partial charge in [-0.3, -0.25) is 4.79 Å². The van der Waals surface area contributed by atoms with Crippen molar-refractivity contribution in [3.63, 3.8) is 0 Å². The average molecular weight is 349 g/mol. The second kappa shape index (κ2) is 6.07. The molecule has 0 saturated carbocycles. The second-order valence-corrected chi connectivity index (χ2v) is 8.06. The third-order valence-corrected chi connectivity index (χ3v) is 6.56. The first-order chi connectivity index (χ1) is 11.4. The van der Waals surface area contributed by atoms with Gasteiger partial charge in [-0.2, -0.15) is 4.31 Å². The molecule has 0 amide bonds. The van der Waals surface area contributed by atoms with Gasteiger partial charge in [0.25, 0.3) is 0 Å². The van der Waals surface area contributed by atoms with Crippen LogP contribution in [-0.2, 0) is 20.2 Å². The molecule has 1 aliphatic rings. The Morgan fingerprint density at radius 1 is 1.25 bits per heavy atom. The quantitative estimate of drug-likeness (QED) is 0.916. The fraction of sp³-hybridized carbons (Fsp3) is 0.353. The number of hydrogen-bond acceptors (Lipinski definition) is 4. The van der Waals surface area contributed by atoms with Crippen LogP contribution >= 0.6 is 0 Å². The smallest absolute Gasteiger partial charge is 0.314 e. The molecule has 128 valence electrons. The van der Waals surface area contributed by atoms with E-state index in [-0.39, 0.29) is 30.8 Å². The van der Waals surface area contributed by atoms with Crippen LogP contribution in [0.3, 0.4) is 0 Å². The first-order valence-corrected chi connectivity index (χ1v) is 9.13. The van der Waals surface area contributed by atoms with E-state index in [0.29, 0.717) is 0 Å². The third-order valence-electron chi connectivity index (χ3n) is 4.69. The summed E-state index contributed by atoms with van der Waals surface area (Å²) in [4.78, 5) is 12.1. The van der Waals surface area contributed by atoms with Gasteiger partial charge in [0.1, 0.15) is 11.2 Å². The van der Waals surface area contributed by atoms with E-state index in [1.165, 1.54) is 22.9 Å². The van der Waals surface area contributed by atoms with Crippen LogP contribution in [-0.4, -0.2) is 36.9 Å². The molecule has 1 aliphatic heterocycles. The van der Waals surface area contributed by atoms with Gasteiger partial charge in [0.15, 0.2) is 0 Å². The van der Waals surface area contributed by atoms with Gasteiger partial charge in [0.05, 0.1) is 11.7 Å². The molecule has 1 aromatic carbocycles. The second-order valence-electron chi connectivity index (χ2n) is 6.12. The monoisotopic (exact) mass is 349 g/mol. The standard InChI is InChI=1S/C17H19NO5S/c1-13-3-2-4-14(11-13)17(16(19)20)6-8-18(9-7-17)24(21,22)15-5-10-23-12-15/h2-5,10-12H,6-9H2,1H3,(H,19,20). The Hall–Kier alpha value is -2.12. The van der Waals surface area contributed by atoms with Crippen LogP contribution in [0.25, 0.3) is 0 Å². The minimum atomic E-state index is -3.64. The molecule has 1 N–H and O–H groups in total. The molecule has 1 aromatic heterocycles. The molecule has 3 rings (SSSR count). The van der Waals surface area contributed by atoms with Gasteiger partial charge in [0, 0.05) is 13.1 Å². The molecule has 2 heterocycles. The maximum Gasteiger partial charge on any atom is 0.314 e. The first kappa shape index (κ1) is 16.7. The van der Waals surface area contributed by atoms with Gasteiger partial charge in [-0.15, -0.1) is 0 Å². The number of sulfonamides is 1. The van der Waals surface area contributed by atoms with Gasteiger partial charge in [-0.25, -0.2) is 8.42 Å². The number of hydrogen-bond donors (Lipinski definition) is 1. The number of rotatable bonds is 4. The normalized spacial score (nSPS) is 18.4. The topological polar surface area (TPSA) is 87.8 Å². The number of benzene rings is 1. The van der Waals surface area contributed by atoms with E-state index in [1.807, 2.05) is 25.1 Å². The van der Waals surface area contributed by atoms with Crippen LogP contribution in [0, 0.1) is 6.92 Å². The summed E-state index contributed by atoms with van der Waals surface area (Å²) in [5.41, 5.74) is 0.672. The predicted octanol–water partition coefficient (Wildman–Crippen LogP) is 2.40. The van der Waals surface area contributed by atoms with E-state index in [4.69, 9.17) is 4.42 Å². The zero-order chi connectivity index (χ0) is 17.4. The van der Waals surface area contributed by atoms with E-state index in [9.17, 15) is 18.3 Å². The third kappa shape index (κ3) is 2.74. The van der Waals surface area contributed by atoms with Gasteiger partial charge in [-0.1, -0.05) is 29.8 Å². The lowest BCUT2D eigenvalue weighted by Gasteiger charge is -2.38. The molecule has 0 bridgehead atoms. The van der Waals surface area contributed by atoms with Crippen molar-refractivity contribution in [3.8, 4) is 0 Å². The average Bonchev–Trinajstić information content (AvgIpc) is 3.10. The minimum absolute atomic E-state index is 0.0980. The summed E-state index contributed by atoms with van der Waals surface area (Å²) < 4.78 is 31.3. The molecule has 7 heteroatoms. The molecule has 0 atom stereocenters. The van der Waals surface area contributed by atoms with E-state index >= 15 is 0 Å². The van der Waals surface area contributed by atoms with Crippen molar-refractivity contribution < 1.29 is 22.7 Å². The molecular formula is C17H19NO5S. The van der Waals surface area contributed by atoms with E-state index in [0.717, 1.165) is 11.1 Å². The van der Waals surface area contributed by atoms with Crippen LogP contribution in [0.1, 0.15) is 24.0 Å². The van der Waals surface area contributed by atoms with Crippen molar-refractivity contribution in [2.75, 3.05) is 13.1 Å². The summed E-state index contributed by atoms with van der Waals surface area (Å²) in [5.74, 6) is -0.909. The molecule has 0 spiro atoms. The molecule has 0 unspecified atom stereocenters. The Kier molecular flexibility index (Phi) is 4.23. The Morgan fingerprint density at radius 2 is 1.96 bits per heavy atom. The fourth-order valence-electron chi connectivity index (χ4n) is 3.22. The Bertz CT molecular complexity index is 834. The van der Waals surface area contributed by atoms with Crippen LogP contribution in [0.5, 0.6) is 0 Å². The van der Waals surface area contributed by atoms with E-state index < -0.39 is 21.4 Å². The molecule has 2 aromatic rings. The van der Waals surface area contributed by atoms with Crippen LogP contribution in [0.4, 0.5) is 0 Å². The number of furan rings is 1. The summed E-state index contributed by atoms with van der Waals surface area (Å²) in [5, 5.41) is 9.82. The van der Waals surface area contributed by atoms with Crippen molar-refractivity contribution in [2.24, 2.45) is 0 Å². The number of aryl methyl sites for hydroxylation is 1. The molecular weight excluding hydrogens is 330 g/mol. The highest BCUT2D eigenvalue weighted by molar-refractivity contribution is 7.89. The van der Waals surface area contributed by atoms with Gasteiger partial charge in [-0.05, 0) is 31.4 Å². The Labute approximate surface area is 140 Å². The number of nitrogens with zero attached hydrogens (tertiary/aromatic N) is 1. The maximum atomic E-state index is 12.5. The zero-order valence-electron chi connectivity index (χ0n) is 13.3. The first-order valence-electron chi connectivity index (χ1n) is 7.69. The Morgan fingerprint density at radius 3 is 2.50 bits per heavy atom. The van der Waals surface area contributed by atoms with Crippen molar-refractivity contribution >= 4 is 16.0 Å². The highest BCUT2D eigenvalue weighted by Gasteiger charge is 2.45. The summed E-state index contributed by atoms with van der Waals surface area (Å²) in [7, 11) is -3.64. The fourth-order valence-corrected chi connectivity index (χ4v) is 4.59. The van der Waals surface area contributed by atoms with Crippen LogP contribution in [0.15, 0.2) is 52.2 Å². The molecule has 1 fully saturated rings. The SMILES string of the molecule is Cc1cccc(C2(C(=O)O)CCN(S(=O)(=O)c3ccoc3)CC2)c1. The van der Waals surface area contributed by atoms with Crippen LogP contribution < -0.4 is 0 Å². The lowest BCUT2D eigenvalue weighted by molar-refractivity contribution is -0.145. The van der Waals surface area contributed by atoms with Gasteiger partial charge >= 0.3 is 5.97 Å². The molecule has 0 aliphatic carbocycles. The molecule has 0 radical (unpaired) electrons. The van der Waals surface area contributed by atoms with Crippen molar-refractivity contribution in [3.05, 3.63) is 54.0 Å². The lowest BCUT2D eigenvalue weighted by Crippen LogP contribution is -2.49. The van der Waals surface area contributed by atoms with Gasteiger partial charge in [0.2, 0.25) is 10.0 Å². The lowest BCUT2D eigenvalue weighted by atomic mass is 9.73. The largest absolute Gasteiger partial charge is 0.481 e. The number of carboxylic acids is 1. The molecule has 6 nitrogen and oxygen atoms in total. The molecule has 1 saturated heterocycles. The highest BCUT2D eigenvalue weighted by Crippen LogP contribution is 2.37. The number of aliphatic carboxylic acids is 1. The minimum Gasteiger partial charge on any atom is -0.481 e. The van der Waals surface area contributed by atoms with Crippen molar-refractivity contribution in [2.45, 2.75) is 30.1 Å².